The van der Waals surface area contributed by atoms with E-state index in [1.807, 2.05) is 0 Å². The third kappa shape index (κ3) is 5.51. The van der Waals surface area contributed by atoms with Crippen LogP contribution in [-0.4, -0.2) is 30.0 Å². The molecule has 7 heteroatoms. The summed E-state index contributed by atoms with van der Waals surface area (Å²) in [7, 11) is 0. The molecule has 28 heavy (non-hydrogen) atoms. The third-order valence-electron chi connectivity index (χ3n) is 3.86. The number of ketones is 1. The molecule has 0 atom stereocenters. The van der Waals surface area contributed by atoms with Gasteiger partial charge in [-0.1, -0.05) is 69.3 Å². The fourth-order valence-electron chi connectivity index (χ4n) is 2.24. The average molecular weight is 381 g/mol. The Morgan fingerprint density at radius 2 is 1.36 bits per heavy atom. The van der Waals surface area contributed by atoms with Crippen molar-refractivity contribution in [1.29, 1.82) is 0 Å². The van der Waals surface area contributed by atoms with Crippen LogP contribution in [0.2, 0.25) is 0 Å². The molecular weight excluding hydrogens is 358 g/mol. The van der Waals surface area contributed by atoms with Gasteiger partial charge in [-0.25, -0.2) is 0 Å². The van der Waals surface area contributed by atoms with Gasteiger partial charge in [-0.2, -0.15) is 0 Å². The fourth-order valence-corrected chi connectivity index (χ4v) is 2.24. The summed E-state index contributed by atoms with van der Waals surface area (Å²) < 4.78 is 0. The van der Waals surface area contributed by atoms with Crippen molar-refractivity contribution < 1.29 is 19.2 Å². The van der Waals surface area contributed by atoms with E-state index in [0.717, 1.165) is 0 Å². The maximum Gasteiger partial charge on any atom is 0.257 e. The largest absolute Gasteiger partial charge is 0.343 e. The van der Waals surface area contributed by atoms with E-state index in [9.17, 15) is 19.2 Å². The molecule has 0 aliphatic heterocycles. The maximum atomic E-state index is 12.7. The van der Waals surface area contributed by atoms with Crippen molar-refractivity contribution in [3.63, 3.8) is 0 Å². The summed E-state index contributed by atoms with van der Waals surface area (Å²) >= 11 is 0. The predicted octanol–water partition coefficient (Wildman–Crippen LogP) is 1.84. The molecule has 0 aliphatic carbocycles. The third-order valence-corrected chi connectivity index (χ3v) is 3.86. The zero-order valence-corrected chi connectivity index (χ0v) is 16.0. The van der Waals surface area contributed by atoms with Gasteiger partial charge in [0.2, 0.25) is 5.91 Å². The molecule has 2 aromatic rings. The summed E-state index contributed by atoms with van der Waals surface area (Å²) in [5.41, 5.74) is 4.75. The van der Waals surface area contributed by atoms with Crippen LogP contribution in [0.4, 0.5) is 0 Å². The van der Waals surface area contributed by atoms with E-state index in [1.54, 1.807) is 69.3 Å². The number of hydrazine groups is 1. The van der Waals surface area contributed by atoms with Crippen LogP contribution < -0.4 is 16.2 Å². The molecule has 0 fully saturated rings. The second-order valence-corrected chi connectivity index (χ2v) is 7.18. The van der Waals surface area contributed by atoms with Crippen LogP contribution in [0.25, 0.3) is 0 Å². The van der Waals surface area contributed by atoms with E-state index in [1.165, 1.54) is 6.07 Å². The number of carbonyl (C=O) groups excluding carboxylic acids is 4. The smallest absolute Gasteiger partial charge is 0.257 e. The molecule has 0 heterocycles. The standard InChI is InChI=1S/C21H23N3O4/c1-21(2,3)20(28)24-23-17(25)13-22-19(27)16-12-8-7-11-15(16)18(26)14-9-5-4-6-10-14/h4-12H,13H2,1-3H3,(H,22,27)(H,23,25)(H,24,28). The number of carbonyl (C=O) groups is 4. The summed E-state index contributed by atoms with van der Waals surface area (Å²) in [6.07, 6.45) is 0. The molecule has 2 rings (SSSR count). The molecule has 0 saturated heterocycles. The Morgan fingerprint density at radius 1 is 0.786 bits per heavy atom. The SMILES string of the molecule is CC(C)(C)C(=O)NNC(=O)CNC(=O)c1ccccc1C(=O)c1ccccc1. The van der Waals surface area contributed by atoms with Crippen LogP contribution in [0, 0.1) is 5.41 Å². The first-order chi connectivity index (χ1) is 13.2. The quantitative estimate of drug-likeness (QED) is 0.543. The highest BCUT2D eigenvalue weighted by molar-refractivity contribution is 6.15. The van der Waals surface area contributed by atoms with E-state index in [4.69, 9.17) is 0 Å². The van der Waals surface area contributed by atoms with Gasteiger partial charge in [-0.3, -0.25) is 30.0 Å². The van der Waals surface area contributed by atoms with Gasteiger partial charge in [0.25, 0.3) is 11.8 Å². The lowest BCUT2D eigenvalue weighted by Crippen LogP contribution is -2.49. The molecule has 3 amide bonds. The van der Waals surface area contributed by atoms with Gasteiger partial charge in [0, 0.05) is 16.5 Å². The number of hydrogen-bond acceptors (Lipinski definition) is 4. The van der Waals surface area contributed by atoms with Gasteiger partial charge in [0.15, 0.2) is 5.78 Å². The summed E-state index contributed by atoms with van der Waals surface area (Å²) in [5.74, 6) is -1.78. The molecule has 0 spiro atoms. The van der Waals surface area contributed by atoms with E-state index in [-0.39, 0.29) is 29.4 Å². The molecule has 146 valence electrons. The highest BCUT2D eigenvalue weighted by Crippen LogP contribution is 2.15. The van der Waals surface area contributed by atoms with Crippen molar-refractivity contribution in [2.24, 2.45) is 5.41 Å². The van der Waals surface area contributed by atoms with Gasteiger partial charge in [-0.15, -0.1) is 0 Å². The fraction of sp³-hybridized carbons (Fsp3) is 0.238. The molecular formula is C21H23N3O4. The Balaban J connectivity index is 2.01. The average Bonchev–Trinajstić information content (AvgIpc) is 2.69. The van der Waals surface area contributed by atoms with Crippen LogP contribution in [-0.2, 0) is 9.59 Å². The molecule has 0 aromatic heterocycles. The van der Waals surface area contributed by atoms with Gasteiger partial charge >= 0.3 is 0 Å². The number of hydrogen-bond donors (Lipinski definition) is 3. The van der Waals surface area contributed by atoms with Crippen molar-refractivity contribution >= 4 is 23.5 Å². The van der Waals surface area contributed by atoms with Crippen LogP contribution in [0.15, 0.2) is 54.6 Å². The first kappa shape index (κ1) is 20.8. The lowest BCUT2D eigenvalue weighted by molar-refractivity contribution is -0.133. The number of amides is 3. The van der Waals surface area contributed by atoms with E-state index < -0.39 is 17.2 Å². The summed E-state index contributed by atoms with van der Waals surface area (Å²) in [4.78, 5) is 48.7. The van der Waals surface area contributed by atoms with Gasteiger partial charge in [-0.05, 0) is 6.07 Å². The zero-order chi connectivity index (χ0) is 20.7. The number of nitrogens with one attached hydrogen (secondary N) is 3. The molecule has 2 aromatic carbocycles. The number of rotatable bonds is 5. The topological polar surface area (TPSA) is 104 Å². The highest BCUT2D eigenvalue weighted by atomic mass is 16.2. The van der Waals surface area contributed by atoms with Crippen molar-refractivity contribution in [3.8, 4) is 0 Å². The maximum absolute atomic E-state index is 12.7. The number of benzene rings is 2. The second-order valence-electron chi connectivity index (χ2n) is 7.18. The van der Waals surface area contributed by atoms with E-state index >= 15 is 0 Å². The first-order valence-electron chi connectivity index (χ1n) is 8.76. The van der Waals surface area contributed by atoms with Gasteiger partial charge in [0.05, 0.1) is 12.1 Å². The molecule has 0 bridgehead atoms. The van der Waals surface area contributed by atoms with Crippen LogP contribution in [0.3, 0.4) is 0 Å². The molecule has 7 nitrogen and oxygen atoms in total. The van der Waals surface area contributed by atoms with E-state index in [2.05, 4.69) is 16.2 Å². The van der Waals surface area contributed by atoms with Crippen LogP contribution >= 0.6 is 0 Å². The van der Waals surface area contributed by atoms with Crippen molar-refractivity contribution in [1.82, 2.24) is 16.2 Å². The van der Waals surface area contributed by atoms with Crippen molar-refractivity contribution in [2.45, 2.75) is 20.8 Å². The molecule has 0 aliphatic rings. The summed E-state index contributed by atoms with van der Waals surface area (Å²) in [6.45, 7) is 4.77. The second kappa shape index (κ2) is 8.94. The normalized spacial score (nSPS) is 10.7. The predicted molar refractivity (Wildman–Crippen MR) is 104 cm³/mol. The zero-order valence-electron chi connectivity index (χ0n) is 16.0. The molecule has 0 unspecified atom stereocenters. The molecule has 0 radical (unpaired) electrons. The van der Waals surface area contributed by atoms with Crippen LogP contribution in [0.1, 0.15) is 47.1 Å². The monoisotopic (exact) mass is 381 g/mol. The minimum absolute atomic E-state index is 0.169. The molecule has 3 N–H and O–H groups in total. The summed E-state index contributed by atoms with van der Waals surface area (Å²) in [5, 5.41) is 2.45. The lowest BCUT2D eigenvalue weighted by atomic mass is 9.96. The Labute approximate surface area is 163 Å². The Kier molecular flexibility index (Phi) is 6.65. The van der Waals surface area contributed by atoms with Crippen molar-refractivity contribution in [3.05, 3.63) is 71.3 Å². The lowest BCUT2D eigenvalue weighted by Gasteiger charge is -2.18. The minimum atomic E-state index is -0.659. The van der Waals surface area contributed by atoms with Gasteiger partial charge in [0.1, 0.15) is 0 Å². The Bertz CT molecular complexity index is 886. The summed E-state index contributed by atoms with van der Waals surface area (Å²) in [6, 6.07) is 15.0. The van der Waals surface area contributed by atoms with Gasteiger partial charge < -0.3 is 5.32 Å². The van der Waals surface area contributed by atoms with Crippen molar-refractivity contribution in [2.75, 3.05) is 6.54 Å². The molecule has 0 saturated carbocycles. The Morgan fingerprint density at radius 3 is 1.96 bits per heavy atom. The first-order valence-corrected chi connectivity index (χ1v) is 8.76. The van der Waals surface area contributed by atoms with E-state index in [0.29, 0.717) is 5.56 Å². The van der Waals surface area contributed by atoms with Crippen LogP contribution in [0.5, 0.6) is 0 Å². The minimum Gasteiger partial charge on any atom is -0.343 e. The Hall–Kier alpha value is -3.48. The highest BCUT2D eigenvalue weighted by Gasteiger charge is 2.22.